The molecule has 0 saturated carbocycles. The van der Waals surface area contributed by atoms with Crippen molar-refractivity contribution in [1.29, 1.82) is 0 Å². The number of methoxy groups -OCH3 is 1. The van der Waals surface area contributed by atoms with E-state index in [0.29, 0.717) is 34.8 Å². The van der Waals surface area contributed by atoms with Gasteiger partial charge in [-0.2, -0.15) is 0 Å². The number of nitrogens with two attached hydrogens (primary N) is 2. The molecule has 2 aromatic carbocycles. The fraction of sp³-hybridized carbons (Fsp3) is 0.261. The third kappa shape index (κ3) is 4.35. The summed E-state index contributed by atoms with van der Waals surface area (Å²) in [6, 6.07) is 9.11. The second kappa shape index (κ2) is 9.30. The first-order chi connectivity index (χ1) is 15.8. The number of aliphatic hydroxyl groups excluding tert-OH is 1. The fourth-order valence-corrected chi connectivity index (χ4v) is 4.34. The Balaban J connectivity index is 1.89. The number of benzene rings is 2. The highest BCUT2D eigenvalue weighted by Crippen LogP contribution is 2.39. The number of ether oxygens (including phenoxy) is 1. The first kappa shape index (κ1) is 22.9. The molecule has 0 bridgehead atoms. The van der Waals surface area contributed by atoms with Crippen LogP contribution >= 0.6 is 11.6 Å². The quantitative estimate of drug-likeness (QED) is 0.504. The molecule has 3 aromatic rings. The lowest BCUT2D eigenvalue weighted by Crippen LogP contribution is -2.33. The molecule has 1 amide bonds. The van der Waals surface area contributed by atoms with E-state index < -0.39 is 11.7 Å². The van der Waals surface area contributed by atoms with Crippen LogP contribution in [-0.2, 0) is 0 Å². The van der Waals surface area contributed by atoms with Crippen molar-refractivity contribution in [2.24, 2.45) is 11.5 Å². The molecule has 0 unspecified atom stereocenters. The lowest BCUT2D eigenvalue weighted by Gasteiger charge is -2.28. The van der Waals surface area contributed by atoms with E-state index in [1.54, 1.807) is 24.3 Å². The Morgan fingerprint density at radius 1 is 1.33 bits per heavy atom. The molecule has 4 rings (SSSR count). The van der Waals surface area contributed by atoms with E-state index in [-0.39, 0.29) is 41.5 Å². The minimum absolute atomic E-state index is 0.0243. The number of nitrogens with zero attached hydrogens (tertiary/aromatic N) is 3. The average Bonchev–Trinajstić information content (AvgIpc) is 3.19. The molecule has 1 fully saturated rings. The van der Waals surface area contributed by atoms with Crippen molar-refractivity contribution < 1.29 is 19.0 Å². The van der Waals surface area contributed by atoms with Crippen LogP contribution in [0.15, 0.2) is 42.6 Å². The van der Waals surface area contributed by atoms with E-state index in [4.69, 9.17) is 27.8 Å². The number of halogens is 2. The van der Waals surface area contributed by atoms with E-state index in [9.17, 15) is 14.3 Å². The largest absolute Gasteiger partial charge is 0.496 e. The molecule has 1 aliphatic rings. The predicted molar refractivity (Wildman–Crippen MR) is 124 cm³/mol. The summed E-state index contributed by atoms with van der Waals surface area (Å²) in [5.74, 6) is -1.21. The molecule has 1 saturated heterocycles. The molecule has 0 radical (unpaired) electrons. The molecule has 5 N–H and O–H groups in total. The van der Waals surface area contributed by atoms with Gasteiger partial charge in [0.15, 0.2) is 5.82 Å². The van der Waals surface area contributed by atoms with Crippen LogP contribution in [0.5, 0.6) is 5.75 Å². The van der Waals surface area contributed by atoms with Gasteiger partial charge < -0.3 is 26.2 Å². The van der Waals surface area contributed by atoms with Gasteiger partial charge in [0.2, 0.25) is 0 Å². The summed E-state index contributed by atoms with van der Waals surface area (Å²) in [5.41, 5.74) is 13.3. The van der Waals surface area contributed by atoms with Gasteiger partial charge in [-0.1, -0.05) is 23.7 Å². The highest BCUT2D eigenvalue weighted by atomic mass is 35.5. The lowest BCUT2D eigenvalue weighted by molar-refractivity contribution is 0.0996. The standard InChI is InChI=1S/C23H23ClFN5O3/c1-33-19-4-2-3-17(25)20(19)23-28-9-16(21(29-23)22(27)32)15-6-5-12(24)7-18(15)30-10-13(26)8-14(30)11-31/h2-7,9,13-14,31H,8,10-11,26H2,1H3,(H2,27,32)/t13-,14-/m0/s1. The fourth-order valence-electron chi connectivity index (χ4n) is 4.17. The topological polar surface area (TPSA) is 128 Å². The van der Waals surface area contributed by atoms with Gasteiger partial charge in [-0.05, 0) is 30.7 Å². The molecule has 8 nitrogen and oxygen atoms in total. The third-order valence-electron chi connectivity index (χ3n) is 5.66. The number of amides is 1. The van der Waals surface area contributed by atoms with E-state index in [1.807, 2.05) is 4.90 Å². The van der Waals surface area contributed by atoms with Crippen molar-refractivity contribution >= 4 is 23.2 Å². The molecule has 1 aromatic heterocycles. The maximum atomic E-state index is 14.6. The Kier molecular flexibility index (Phi) is 6.46. The number of hydrogen-bond donors (Lipinski definition) is 3. The number of hydrogen-bond acceptors (Lipinski definition) is 7. The zero-order valence-electron chi connectivity index (χ0n) is 17.8. The Morgan fingerprint density at radius 2 is 2.12 bits per heavy atom. The van der Waals surface area contributed by atoms with Gasteiger partial charge >= 0.3 is 0 Å². The van der Waals surface area contributed by atoms with Gasteiger partial charge in [0.05, 0.1) is 25.3 Å². The monoisotopic (exact) mass is 471 g/mol. The average molecular weight is 472 g/mol. The molecule has 2 atom stereocenters. The minimum Gasteiger partial charge on any atom is -0.496 e. The Hall–Kier alpha value is -3.27. The van der Waals surface area contributed by atoms with Crippen LogP contribution in [0.2, 0.25) is 5.02 Å². The highest BCUT2D eigenvalue weighted by Gasteiger charge is 2.32. The van der Waals surface area contributed by atoms with Crippen molar-refractivity contribution in [2.45, 2.75) is 18.5 Å². The summed E-state index contributed by atoms with van der Waals surface area (Å²) < 4.78 is 19.8. The van der Waals surface area contributed by atoms with Crippen LogP contribution < -0.4 is 21.1 Å². The van der Waals surface area contributed by atoms with Gasteiger partial charge in [0.1, 0.15) is 17.3 Å². The normalized spacial score (nSPS) is 17.9. The Bertz CT molecular complexity index is 1210. The van der Waals surface area contributed by atoms with E-state index in [1.165, 1.54) is 25.4 Å². The number of carbonyl (C=O) groups excluding carboxylic acids is 1. The molecule has 10 heteroatoms. The molecule has 2 heterocycles. The number of aliphatic hydroxyl groups is 1. The van der Waals surface area contributed by atoms with E-state index in [2.05, 4.69) is 9.97 Å². The number of rotatable bonds is 6. The van der Waals surface area contributed by atoms with Crippen LogP contribution in [-0.4, -0.2) is 53.3 Å². The van der Waals surface area contributed by atoms with Crippen molar-refractivity contribution in [3.63, 3.8) is 0 Å². The smallest absolute Gasteiger partial charge is 0.268 e. The number of primary amides is 1. The second-order valence-electron chi connectivity index (χ2n) is 7.78. The first-order valence-electron chi connectivity index (χ1n) is 10.3. The number of anilines is 1. The molecular formula is C23H23ClFN5O3. The zero-order valence-corrected chi connectivity index (χ0v) is 18.6. The van der Waals surface area contributed by atoms with Gasteiger partial charge in [0, 0.05) is 40.6 Å². The van der Waals surface area contributed by atoms with Crippen LogP contribution in [0.25, 0.3) is 22.5 Å². The maximum Gasteiger partial charge on any atom is 0.268 e. The number of carbonyl (C=O) groups is 1. The SMILES string of the molecule is COc1cccc(F)c1-c1ncc(-c2ccc(Cl)cc2N2C[C@@H](N)C[C@H]2CO)c(C(N)=O)n1. The Labute approximate surface area is 195 Å². The summed E-state index contributed by atoms with van der Waals surface area (Å²) in [7, 11) is 1.40. The van der Waals surface area contributed by atoms with E-state index >= 15 is 0 Å². The Morgan fingerprint density at radius 3 is 2.82 bits per heavy atom. The lowest BCUT2D eigenvalue weighted by atomic mass is 10.0. The predicted octanol–water partition coefficient (Wildman–Crippen LogP) is 2.61. The minimum atomic E-state index is -0.804. The van der Waals surface area contributed by atoms with Gasteiger partial charge in [-0.3, -0.25) is 4.79 Å². The number of aromatic nitrogens is 2. The maximum absolute atomic E-state index is 14.6. The molecule has 0 spiro atoms. The highest BCUT2D eigenvalue weighted by molar-refractivity contribution is 6.31. The van der Waals surface area contributed by atoms with Crippen LogP contribution in [0, 0.1) is 5.82 Å². The van der Waals surface area contributed by atoms with Crippen LogP contribution in [0.4, 0.5) is 10.1 Å². The van der Waals surface area contributed by atoms with Crippen LogP contribution in [0.1, 0.15) is 16.9 Å². The first-order valence-corrected chi connectivity index (χ1v) is 10.6. The summed E-state index contributed by atoms with van der Waals surface area (Å²) in [6.45, 7) is 0.403. The zero-order chi connectivity index (χ0) is 23.7. The summed E-state index contributed by atoms with van der Waals surface area (Å²) in [6.07, 6.45) is 2.03. The van der Waals surface area contributed by atoms with Gasteiger partial charge in [-0.15, -0.1) is 0 Å². The molecule has 1 aliphatic heterocycles. The van der Waals surface area contributed by atoms with Crippen molar-refractivity contribution in [1.82, 2.24) is 9.97 Å². The van der Waals surface area contributed by atoms with Crippen molar-refractivity contribution in [2.75, 3.05) is 25.2 Å². The molecular weight excluding hydrogens is 449 g/mol. The summed E-state index contributed by atoms with van der Waals surface area (Å²) >= 11 is 6.27. The summed E-state index contributed by atoms with van der Waals surface area (Å²) in [5, 5.41) is 10.3. The molecule has 0 aliphatic carbocycles. The molecule has 172 valence electrons. The third-order valence-corrected chi connectivity index (χ3v) is 5.89. The second-order valence-corrected chi connectivity index (χ2v) is 8.22. The van der Waals surface area contributed by atoms with Gasteiger partial charge in [-0.25, -0.2) is 14.4 Å². The summed E-state index contributed by atoms with van der Waals surface area (Å²) in [4.78, 5) is 23.0. The van der Waals surface area contributed by atoms with Crippen LogP contribution in [0.3, 0.4) is 0 Å². The van der Waals surface area contributed by atoms with Crippen molar-refractivity contribution in [3.8, 4) is 28.3 Å². The molecule has 33 heavy (non-hydrogen) atoms. The van der Waals surface area contributed by atoms with Crippen molar-refractivity contribution in [3.05, 3.63) is 59.1 Å². The van der Waals surface area contributed by atoms with Gasteiger partial charge in [0.25, 0.3) is 5.91 Å². The van der Waals surface area contributed by atoms with E-state index in [0.717, 1.165) is 0 Å².